The second kappa shape index (κ2) is 2.47. The molecular weight excluding hydrogens is 174 g/mol. The molecule has 2 aliphatic rings. The van der Waals surface area contributed by atoms with Crippen molar-refractivity contribution in [1.29, 1.82) is 0 Å². The van der Waals surface area contributed by atoms with Gasteiger partial charge in [-0.2, -0.15) is 0 Å². The Morgan fingerprint density at radius 1 is 1.43 bits per heavy atom. The molecule has 2 fully saturated rings. The Balaban J connectivity index is 2.02. The fraction of sp³-hybridized carbons (Fsp3) is 0.636. The topological polar surface area (TPSA) is 51.8 Å². The summed E-state index contributed by atoms with van der Waals surface area (Å²) in [6.45, 7) is 2.23. The van der Waals surface area contributed by atoms with E-state index in [4.69, 9.17) is 5.73 Å². The number of aromatic nitrogens is 2. The molecule has 0 amide bonds. The molecule has 2 aliphatic carbocycles. The SMILES string of the molecule is CC1(c2ncc(N)c(C3CC3)n2)CC1. The van der Waals surface area contributed by atoms with Crippen LogP contribution in [0.3, 0.4) is 0 Å². The van der Waals surface area contributed by atoms with Crippen LogP contribution in [0.2, 0.25) is 0 Å². The lowest BCUT2D eigenvalue weighted by molar-refractivity contribution is 0.698. The Kier molecular flexibility index (Phi) is 1.45. The Morgan fingerprint density at radius 3 is 2.71 bits per heavy atom. The predicted octanol–water partition coefficient (Wildman–Crippen LogP) is 1.99. The highest BCUT2D eigenvalue weighted by molar-refractivity contribution is 5.44. The average molecular weight is 189 g/mol. The zero-order chi connectivity index (χ0) is 9.76. The van der Waals surface area contributed by atoms with Gasteiger partial charge in [0, 0.05) is 11.3 Å². The highest BCUT2D eigenvalue weighted by Crippen LogP contribution is 2.47. The quantitative estimate of drug-likeness (QED) is 0.774. The second-order valence-corrected chi connectivity index (χ2v) is 4.87. The monoisotopic (exact) mass is 189 g/mol. The maximum atomic E-state index is 5.87. The van der Waals surface area contributed by atoms with Crippen molar-refractivity contribution in [2.75, 3.05) is 5.73 Å². The second-order valence-electron chi connectivity index (χ2n) is 4.87. The first-order chi connectivity index (χ1) is 6.69. The maximum Gasteiger partial charge on any atom is 0.134 e. The molecule has 0 radical (unpaired) electrons. The average Bonchev–Trinajstić information content (AvgIpc) is 3.00. The zero-order valence-electron chi connectivity index (χ0n) is 8.45. The van der Waals surface area contributed by atoms with Gasteiger partial charge in [-0.15, -0.1) is 0 Å². The van der Waals surface area contributed by atoms with Gasteiger partial charge >= 0.3 is 0 Å². The van der Waals surface area contributed by atoms with E-state index < -0.39 is 0 Å². The first-order valence-corrected chi connectivity index (χ1v) is 5.32. The number of hydrogen-bond acceptors (Lipinski definition) is 3. The maximum absolute atomic E-state index is 5.87. The first-order valence-electron chi connectivity index (χ1n) is 5.32. The van der Waals surface area contributed by atoms with Gasteiger partial charge in [0.15, 0.2) is 0 Å². The van der Waals surface area contributed by atoms with E-state index in [0.29, 0.717) is 5.92 Å². The van der Waals surface area contributed by atoms with E-state index in [-0.39, 0.29) is 5.41 Å². The number of nitrogens with zero attached hydrogens (tertiary/aromatic N) is 2. The molecule has 0 spiro atoms. The molecule has 1 aromatic heterocycles. The van der Waals surface area contributed by atoms with Crippen molar-refractivity contribution in [1.82, 2.24) is 9.97 Å². The molecule has 0 bridgehead atoms. The molecule has 2 N–H and O–H groups in total. The van der Waals surface area contributed by atoms with Crippen LogP contribution < -0.4 is 5.73 Å². The van der Waals surface area contributed by atoms with E-state index in [2.05, 4.69) is 16.9 Å². The molecule has 1 heterocycles. The molecule has 0 atom stereocenters. The fourth-order valence-corrected chi connectivity index (χ4v) is 1.79. The largest absolute Gasteiger partial charge is 0.396 e. The summed E-state index contributed by atoms with van der Waals surface area (Å²) in [5.41, 5.74) is 8.01. The minimum atomic E-state index is 0.261. The van der Waals surface area contributed by atoms with Gasteiger partial charge in [0.05, 0.1) is 17.6 Å². The fourth-order valence-electron chi connectivity index (χ4n) is 1.79. The van der Waals surface area contributed by atoms with Crippen LogP contribution in [0.15, 0.2) is 6.20 Å². The summed E-state index contributed by atoms with van der Waals surface area (Å²) in [6.07, 6.45) is 6.73. The van der Waals surface area contributed by atoms with Gasteiger partial charge in [-0.1, -0.05) is 6.92 Å². The molecule has 14 heavy (non-hydrogen) atoms. The lowest BCUT2D eigenvalue weighted by atomic mass is 10.1. The third kappa shape index (κ3) is 1.19. The molecule has 2 saturated carbocycles. The summed E-state index contributed by atoms with van der Waals surface area (Å²) >= 11 is 0. The minimum absolute atomic E-state index is 0.261. The summed E-state index contributed by atoms with van der Waals surface area (Å²) < 4.78 is 0. The third-order valence-electron chi connectivity index (χ3n) is 3.35. The van der Waals surface area contributed by atoms with Gasteiger partial charge in [0.25, 0.3) is 0 Å². The molecular formula is C11H15N3. The van der Waals surface area contributed by atoms with E-state index in [1.165, 1.54) is 25.7 Å². The molecule has 74 valence electrons. The molecule has 3 rings (SSSR count). The van der Waals surface area contributed by atoms with Gasteiger partial charge in [-0.3, -0.25) is 0 Å². The van der Waals surface area contributed by atoms with E-state index in [0.717, 1.165) is 17.2 Å². The number of anilines is 1. The van der Waals surface area contributed by atoms with Crippen LogP contribution in [0.4, 0.5) is 5.69 Å². The normalized spacial score (nSPS) is 23.5. The molecule has 0 unspecified atom stereocenters. The Labute approximate surface area is 83.8 Å². The highest BCUT2D eigenvalue weighted by Gasteiger charge is 2.42. The Hall–Kier alpha value is -1.12. The number of rotatable bonds is 2. The predicted molar refractivity (Wildman–Crippen MR) is 55.0 cm³/mol. The van der Waals surface area contributed by atoms with Gasteiger partial charge in [-0.25, -0.2) is 9.97 Å². The van der Waals surface area contributed by atoms with Crippen molar-refractivity contribution in [3.8, 4) is 0 Å². The van der Waals surface area contributed by atoms with Crippen molar-refractivity contribution in [3.05, 3.63) is 17.7 Å². The summed E-state index contributed by atoms with van der Waals surface area (Å²) in [7, 11) is 0. The van der Waals surface area contributed by atoms with Crippen molar-refractivity contribution in [2.24, 2.45) is 0 Å². The smallest absolute Gasteiger partial charge is 0.134 e. The van der Waals surface area contributed by atoms with Crippen LogP contribution in [0, 0.1) is 0 Å². The van der Waals surface area contributed by atoms with E-state index in [9.17, 15) is 0 Å². The summed E-state index contributed by atoms with van der Waals surface area (Å²) in [6, 6.07) is 0. The lowest BCUT2D eigenvalue weighted by Crippen LogP contribution is -2.10. The Bertz CT molecular complexity index is 378. The molecule has 0 aliphatic heterocycles. The van der Waals surface area contributed by atoms with Crippen molar-refractivity contribution in [3.63, 3.8) is 0 Å². The van der Waals surface area contributed by atoms with Crippen LogP contribution >= 0.6 is 0 Å². The van der Waals surface area contributed by atoms with Crippen LogP contribution in [0.1, 0.15) is 50.0 Å². The van der Waals surface area contributed by atoms with Gasteiger partial charge < -0.3 is 5.73 Å². The molecule has 1 aromatic rings. The highest BCUT2D eigenvalue weighted by atomic mass is 14.9. The summed E-state index contributed by atoms with van der Waals surface area (Å²) in [5, 5.41) is 0. The minimum Gasteiger partial charge on any atom is -0.396 e. The first kappa shape index (κ1) is 8.21. The summed E-state index contributed by atoms with van der Waals surface area (Å²) in [5.74, 6) is 1.63. The number of nitrogens with two attached hydrogens (primary N) is 1. The molecule has 0 saturated heterocycles. The summed E-state index contributed by atoms with van der Waals surface area (Å²) in [4.78, 5) is 8.98. The lowest BCUT2D eigenvalue weighted by Gasteiger charge is -2.09. The van der Waals surface area contributed by atoms with Gasteiger partial charge in [-0.05, 0) is 25.7 Å². The Morgan fingerprint density at radius 2 is 2.14 bits per heavy atom. The van der Waals surface area contributed by atoms with Crippen molar-refractivity contribution >= 4 is 5.69 Å². The molecule has 3 nitrogen and oxygen atoms in total. The molecule has 3 heteroatoms. The van der Waals surface area contributed by atoms with E-state index >= 15 is 0 Å². The van der Waals surface area contributed by atoms with E-state index in [1.54, 1.807) is 6.20 Å². The van der Waals surface area contributed by atoms with E-state index in [1.807, 2.05) is 0 Å². The molecule has 0 aromatic carbocycles. The van der Waals surface area contributed by atoms with Crippen molar-refractivity contribution < 1.29 is 0 Å². The van der Waals surface area contributed by atoms with Crippen molar-refractivity contribution in [2.45, 2.75) is 43.9 Å². The standard InChI is InChI=1S/C11H15N3/c1-11(4-5-11)10-13-6-8(12)9(14-10)7-2-3-7/h6-7H,2-5,12H2,1H3. The van der Waals surface area contributed by atoms with Crippen LogP contribution in [0.5, 0.6) is 0 Å². The number of hydrogen-bond donors (Lipinski definition) is 1. The van der Waals surface area contributed by atoms with Crippen LogP contribution in [-0.2, 0) is 5.41 Å². The van der Waals surface area contributed by atoms with Crippen LogP contribution in [0.25, 0.3) is 0 Å². The van der Waals surface area contributed by atoms with Crippen LogP contribution in [-0.4, -0.2) is 9.97 Å². The number of nitrogen functional groups attached to an aromatic ring is 1. The zero-order valence-corrected chi connectivity index (χ0v) is 8.45. The van der Waals surface area contributed by atoms with Gasteiger partial charge in [0.2, 0.25) is 0 Å². The van der Waals surface area contributed by atoms with Gasteiger partial charge in [0.1, 0.15) is 5.82 Å². The third-order valence-corrected chi connectivity index (χ3v) is 3.35.